The number of nitrogen functional groups attached to an aromatic ring is 1. The van der Waals surface area contributed by atoms with Crippen molar-refractivity contribution in [2.24, 2.45) is 0 Å². The van der Waals surface area contributed by atoms with Crippen molar-refractivity contribution in [1.29, 1.82) is 0 Å². The number of anilines is 1. The van der Waals surface area contributed by atoms with Gasteiger partial charge in [0.15, 0.2) is 0 Å². The summed E-state index contributed by atoms with van der Waals surface area (Å²) in [5.74, 6) is 7.12. The van der Waals surface area contributed by atoms with Crippen molar-refractivity contribution < 1.29 is 0 Å². The van der Waals surface area contributed by atoms with Crippen molar-refractivity contribution in [3.63, 3.8) is 0 Å². The van der Waals surface area contributed by atoms with E-state index in [2.05, 4.69) is 24.8 Å². The van der Waals surface area contributed by atoms with E-state index in [0.717, 1.165) is 21.9 Å². The van der Waals surface area contributed by atoms with Gasteiger partial charge < -0.3 is 5.73 Å². The fraction of sp³-hybridized carbons (Fsp3) is 0.125. The standard InChI is InChI=1S/C16H15NS/c1-13-7-2-3-8-14(13)9-6-12-18-16-11-5-4-10-15(16)17/h2-5,7-8,10-11H,12,17H2,1H3. The molecule has 0 bridgehead atoms. The van der Waals surface area contributed by atoms with Crippen LogP contribution in [0.4, 0.5) is 5.69 Å². The molecule has 90 valence electrons. The molecule has 0 spiro atoms. The molecule has 0 fully saturated rings. The van der Waals surface area contributed by atoms with Crippen molar-refractivity contribution >= 4 is 17.4 Å². The minimum atomic E-state index is 0.753. The summed E-state index contributed by atoms with van der Waals surface area (Å²) in [6, 6.07) is 16.0. The molecule has 0 saturated heterocycles. The van der Waals surface area contributed by atoms with Crippen molar-refractivity contribution in [2.45, 2.75) is 11.8 Å². The van der Waals surface area contributed by atoms with Gasteiger partial charge in [0, 0.05) is 16.1 Å². The van der Waals surface area contributed by atoms with Gasteiger partial charge in [-0.1, -0.05) is 42.2 Å². The number of thioether (sulfide) groups is 1. The Morgan fingerprint density at radius 3 is 2.56 bits per heavy atom. The fourth-order valence-corrected chi connectivity index (χ4v) is 2.28. The fourth-order valence-electron chi connectivity index (χ4n) is 1.57. The molecule has 1 nitrogen and oxygen atoms in total. The average Bonchev–Trinajstić information content (AvgIpc) is 2.38. The normalized spacial score (nSPS) is 9.61. The van der Waals surface area contributed by atoms with Crippen molar-refractivity contribution in [2.75, 3.05) is 11.5 Å². The highest BCUT2D eigenvalue weighted by Gasteiger charge is 1.96. The SMILES string of the molecule is Cc1ccccc1C#CCSc1ccccc1N. The van der Waals surface area contributed by atoms with Gasteiger partial charge in [0.1, 0.15) is 0 Å². The maximum Gasteiger partial charge on any atom is 0.0599 e. The summed E-state index contributed by atoms with van der Waals surface area (Å²) in [5, 5.41) is 0. The predicted molar refractivity (Wildman–Crippen MR) is 79.6 cm³/mol. The van der Waals surface area contributed by atoms with Crippen LogP contribution in [0.1, 0.15) is 11.1 Å². The quantitative estimate of drug-likeness (QED) is 0.501. The van der Waals surface area contributed by atoms with Crippen LogP contribution in [0.3, 0.4) is 0 Å². The molecule has 0 atom stereocenters. The van der Waals surface area contributed by atoms with Gasteiger partial charge in [-0.05, 0) is 30.7 Å². The minimum absolute atomic E-state index is 0.753. The zero-order valence-electron chi connectivity index (χ0n) is 10.3. The molecule has 2 aromatic carbocycles. The molecule has 18 heavy (non-hydrogen) atoms. The van der Waals surface area contributed by atoms with E-state index in [-0.39, 0.29) is 0 Å². The highest BCUT2D eigenvalue weighted by molar-refractivity contribution is 7.99. The van der Waals surface area contributed by atoms with Gasteiger partial charge in [-0.25, -0.2) is 0 Å². The Morgan fingerprint density at radius 1 is 1.06 bits per heavy atom. The van der Waals surface area contributed by atoms with E-state index in [9.17, 15) is 0 Å². The summed E-state index contributed by atoms with van der Waals surface area (Å²) >= 11 is 1.67. The number of rotatable bonds is 2. The second-order valence-electron chi connectivity index (χ2n) is 3.94. The van der Waals surface area contributed by atoms with E-state index in [4.69, 9.17) is 5.73 Å². The third-order valence-corrected chi connectivity index (χ3v) is 3.56. The van der Waals surface area contributed by atoms with Crippen LogP contribution in [0.5, 0.6) is 0 Å². The van der Waals surface area contributed by atoms with Crippen molar-refractivity contribution in [3.8, 4) is 11.8 Å². The van der Waals surface area contributed by atoms with Gasteiger partial charge in [0.2, 0.25) is 0 Å². The van der Waals surface area contributed by atoms with Crippen LogP contribution in [0, 0.1) is 18.8 Å². The Hall–Kier alpha value is -1.85. The van der Waals surface area contributed by atoms with Crippen LogP contribution in [0.25, 0.3) is 0 Å². The lowest BCUT2D eigenvalue weighted by molar-refractivity contribution is 1.43. The number of aryl methyl sites for hydroxylation is 1. The van der Waals surface area contributed by atoms with Gasteiger partial charge in [-0.2, -0.15) is 0 Å². The molecule has 2 rings (SSSR count). The van der Waals surface area contributed by atoms with Crippen LogP contribution in [-0.4, -0.2) is 5.75 Å². The van der Waals surface area contributed by atoms with Crippen LogP contribution < -0.4 is 5.73 Å². The number of benzene rings is 2. The molecular weight excluding hydrogens is 238 g/mol. The number of para-hydroxylation sites is 1. The van der Waals surface area contributed by atoms with Crippen LogP contribution >= 0.6 is 11.8 Å². The van der Waals surface area contributed by atoms with Crippen molar-refractivity contribution in [3.05, 3.63) is 59.7 Å². The van der Waals surface area contributed by atoms with E-state index >= 15 is 0 Å². The molecule has 2 aromatic rings. The Bertz CT molecular complexity index is 593. The van der Waals surface area contributed by atoms with Gasteiger partial charge >= 0.3 is 0 Å². The maximum atomic E-state index is 5.87. The lowest BCUT2D eigenvalue weighted by Gasteiger charge is -2.01. The summed E-state index contributed by atoms with van der Waals surface area (Å²) < 4.78 is 0. The third-order valence-electron chi connectivity index (χ3n) is 2.59. The molecule has 0 aliphatic carbocycles. The summed E-state index contributed by atoms with van der Waals surface area (Å²) in [6.45, 7) is 2.08. The number of nitrogens with two attached hydrogens (primary N) is 1. The molecule has 0 radical (unpaired) electrons. The monoisotopic (exact) mass is 253 g/mol. The second-order valence-corrected chi connectivity index (χ2v) is 4.96. The molecule has 0 aromatic heterocycles. The molecule has 2 heteroatoms. The van der Waals surface area contributed by atoms with Gasteiger partial charge in [0.05, 0.1) is 5.75 Å². The molecule has 0 saturated carbocycles. The Kier molecular flexibility index (Phi) is 4.33. The largest absolute Gasteiger partial charge is 0.398 e. The average molecular weight is 253 g/mol. The van der Waals surface area contributed by atoms with E-state index in [1.807, 2.05) is 42.5 Å². The second kappa shape index (κ2) is 6.18. The molecule has 0 amide bonds. The van der Waals surface area contributed by atoms with E-state index in [1.165, 1.54) is 5.56 Å². The van der Waals surface area contributed by atoms with Crippen LogP contribution in [0.15, 0.2) is 53.4 Å². The Balaban J connectivity index is 1.98. The van der Waals surface area contributed by atoms with E-state index in [1.54, 1.807) is 11.8 Å². The first-order chi connectivity index (χ1) is 8.77. The number of hydrogen-bond acceptors (Lipinski definition) is 2. The van der Waals surface area contributed by atoms with Crippen molar-refractivity contribution in [1.82, 2.24) is 0 Å². The summed E-state index contributed by atoms with van der Waals surface area (Å²) in [5.41, 5.74) is 9.00. The lowest BCUT2D eigenvalue weighted by Crippen LogP contribution is -1.87. The van der Waals surface area contributed by atoms with E-state index < -0.39 is 0 Å². The Labute approximate surface area is 112 Å². The minimum Gasteiger partial charge on any atom is -0.398 e. The van der Waals surface area contributed by atoms with E-state index in [0.29, 0.717) is 0 Å². The first-order valence-electron chi connectivity index (χ1n) is 5.79. The first-order valence-corrected chi connectivity index (χ1v) is 6.78. The molecule has 0 heterocycles. The predicted octanol–water partition coefficient (Wildman–Crippen LogP) is 3.72. The topological polar surface area (TPSA) is 26.0 Å². The lowest BCUT2D eigenvalue weighted by atomic mass is 10.1. The van der Waals surface area contributed by atoms with Crippen LogP contribution in [-0.2, 0) is 0 Å². The molecule has 0 unspecified atom stereocenters. The van der Waals surface area contributed by atoms with Crippen LogP contribution in [0.2, 0.25) is 0 Å². The third kappa shape index (κ3) is 3.32. The smallest absolute Gasteiger partial charge is 0.0599 e. The number of hydrogen-bond donors (Lipinski definition) is 1. The Morgan fingerprint density at radius 2 is 1.78 bits per heavy atom. The molecule has 0 aliphatic heterocycles. The summed E-state index contributed by atoms with van der Waals surface area (Å²) in [6.07, 6.45) is 0. The first kappa shape index (κ1) is 12.6. The zero-order chi connectivity index (χ0) is 12.8. The van der Waals surface area contributed by atoms with Gasteiger partial charge in [0.25, 0.3) is 0 Å². The summed E-state index contributed by atoms with van der Waals surface area (Å²) in [7, 11) is 0. The molecule has 2 N–H and O–H groups in total. The maximum absolute atomic E-state index is 5.87. The zero-order valence-corrected chi connectivity index (χ0v) is 11.1. The highest BCUT2D eigenvalue weighted by atomic mass is 32.2. The van der Waals surface area contributed by atoms with Gasteiger partial charge in [-0.15, -0.1) is 11.8 Å². The summed E-state index contributed by atoms with van der Waals surface area (Å²) in [4.78, 5) is 1.09. The molecular formula is C16H15NS. The molecule has 0 aliphatic rings. The highest BCUT2D eigenvalue weighted by Crippen LogP contribution is 2.23. The van der Waals surface area contributed by atoms with Gasteiger partial charge in [-0.3, -0.25) is 0 Å².